The van der Waals surface area contributed by atoms with Gasteiger partial charge in [-0.2, -0.15) is 0 Å². The third kappa shape index (κ3) is 4.18. The van der Waals surface area contributed by atoms with Gasteiger partial charge in [-0.1, -0.05) is 153 Å². The maximum absolute atomic E-state index is 9.94. The second kappa shape index (κ2) is 10.9. The molecule has 1 aliphatic carbocycles. The molecule has 236 valence electrons. The summed E-state index contributed by atoms with van der Waals surface area (Å²) < 4.78 is 140. The van der Waals surface area contributed by atoms with Gasteiger partial charge in [-0.25, -0.2) is 4.98 Å². The zero-order chi connectivity index (χ0) is 46.5. The maximum atomic E-state index is 9.94. The van der Waals surface area contributed by atoms with Gasteiger partial charge < -0.3 is 0 Å². The zero-order valence-corrected chi connectivity index (χ0v) is 26.9. The first-order valence-electron chi connectivity index (χ1n) is 23.7. The van der Waals surface area contributed by atoms with Crippen LogP contribution in [0.4, 0.5) is 0 Å². The van der Waals surface area contributed by atoms with Crippen LogP contribution < -0.4 is 0 Å². The number of nitrogens with zero attached hydrogens (tertiary/aromatic N) is 2. The van der Waals surface area contributed by atoms with Crippen molar-refractivity contribution in [2.75, 3.05) is 0 Å². The number of aromatic nitrogens is 2. The molecule has 0 radical (unpaired) electrons. The van der Waals surface area contributed by atoms with E-state index in [1.807, 2.05) is 65.2 Å². The lowest BCUT2D eigenvalue weighted by atomic mass is 9.80. The molecule has 50 heavy (non-hydrogen) atoms. The molecule has 0 amide bonds. The molecule has 1 aromatic heterocycles. The highest BCUT2D eigenvalue weighted by Gasteiger charge is 2.35. The molecular formula is C48H34N2. The molecule has 0 unspecified atom stereocenters. The third-order valence-corrected chi connectivity index (χ3v) is 9.61. The highest BCUT2D eigenvalue weighted by atomic mass is 15.1. The van der Waals surface area contributed by atoms with Crippen LogP contribution in [-0.2, 0) is 5.41 Å². The summed E-state index contributed by atoms with van der Waals surface area (Å²) in [5, 5.41) is -0.781. The minimum Gasteiger partial charge on any atom is -0.292 e. The fourth-order valence-electron chi connectivity index (χ4n) is 7.31. The van der Waals surface area contributed by atoms with Crippen molar-refractivity contribution in [1.82, 2.24) is 9.55 Å². The average molecular weight is 654 g/mol. The third-order valence-electron chi connectivity index (χ3n) is 9.61. The Morgan fingerprint density at radius 2 is 1.14 bits per heavy atom. The van der Waals surface area contributed by atoms with Crippen LogP contribution in [0.3, 0.4) is 0 Å². The van der Waals surface area contributed by atoms with Gasteiger partial charge >= 0.3 is 0 Å². The van der Waals surface area contributed by atoms with Crippen molar-refractivity contribution in [1.29, 1.82) is 0 Å². The first-order chi connectivity index (χ1) is 30.8. The lowest BCUT2D eigenvalue weighted by Crippen LogP contribution is -2.14. The van der Waals surface area contributed by atoms with Gasteiger partial charge in [0.1, 0.15) is 5.82 Å². The summed E-state index contributed by atoms with van der Waals surface area (Å²) in [7, 11) is 0. The van der Waals surface area contributed by atoms with Gasteiger partial charge in [0.05, 0.1) is 31.6 Å². The van der Waals surface area contributed by atoms with Crippen LogP contribution in [0.1, 0.15) is 45.5 Å². The lowest BCUT2D eigenvalue weighted by Gasteiger charge is -2.23. The van der Waals surface area contributed by atoms with Crippen molar-refractivity contribution in [2.45, 2.75) is 19.3 Å². The minimum absolute atomic E-state index is 0.0237. The monoisotopic (exact) mass is 653 g/mol. The SMILES string of the molecule is [2H]c1c([2H])c([2H])c2c(c1[2H])-c1c([2H])c([2H])c(-c3c4c([2H])c([2H])c([2H])c([2H])c4c(-c4cccc(-n5c(-c6ccccc6)nc6ccccc65)c4)c4c([2H])c([2H])c([2H])c([2H])c34)c([2H])c1C2(C)C. The van der Waals surface area contributed by atoms with E-state index in [1.165, 1.54) is 0 Å². The standard InChI is InChI=1S/C48H34N2/c1-48(2)41-24-11-10-19-35(41)36-28-27-33(30-42(36)48)46-39-22-8-6-20-37(39)45(38-21-7-9-23-40(38)46)32-17-14-18-34(29-32)50-44-26-13-12-25-43(44)49-47(50)31-15-4-3-5-16-31/h3-30H,1-2H3/i6D,7D,8D,9D,10D,11D,19D,20D,21D,22D,23D,24D,27D,28D,30D. The van der Waals surface area contributed by atoms with Crippen molar-refractivity contribution >= 4 is 32.6 Å². The number of hydrogen-bond acceptors (Lipinski definition) is 1. The fraction of sp³-hybridized carbons (Fsp3) is 0.0625. The number of para-hydroxylation sites is 2. The normalized spacial score (nSPS) is 17.4. The van der Waals surface area contributed by atoms with Crippen LogP contribution in [0.15, 0.2) is 169 Å². The molecule has 0 saturated carbocycles. The zero-order valence-electron chi connectivity index (χ0n) is 41.9. The van der Waals surface area contributed by atoms with Gasteiger partial charge in [0.15, 0.2) is 0 Å². The van der Waals surface area contributed by atoms with Crippen molar-refractivity contribution in [2.24, 2.45) is 0 Å². The molecule has 0 N–H and O–H groups in total. The fourth-order valence-corrected chi connectivity index (χ4v) is 7.31. The Balaban J connectivity index is 1.39. The topological polar surface area (TPSA) is 17.8 Å². The summed E-state index contributed by atoms with van der Waals surface area (Å²) in [6, 6.07) is 15.7. The lowest BCUT2D eigenvalue weighted by molar-refractivity contribution is 0.660. The molecule has 0 saturated heterocycles. The quantitative estimate of drug-likeness (QED) is 0.173. The Morgan fingerprint density at radius 3 is 1.88 bits per heavy atom. The van der Waals surface area contributed by atoms with Crippen molar-refractivity contribution in [3.8, 4) is 50.5 Å². The first kappa shape index (κ1) is 17.4. The summed E-state index contributed by atoms with van der Waals surface area (Å²) in [6.07, 6.45) is 0. The Bertz CT molecular complexity index is 3550. The average Bonchev–Trinajstić information content (AvgIpc) is 3.81. The van der Waals surface area contributed by atoms with E-state index < -0.39 is 90.0 Å². The molecule has 8 aromatic carbocycles. The molecule has 9 aromatic rings. The van der Waals surface area contributed by atoms with Crippen LogP contribution in [0.5, 0.6) is 0 Å². The minimum atomic E-state index is -1.36. The smallest absolute Gasteiger partial charge is 0.145 e. The molecule has 0 fully saturated rings. The molecule has 0 atom stereocenters. The van der Waals surface area contributed by atoms with Gasteiger partial charge in [-0.3, -0.25) is 4.57 Å². The Labute approximate surface area is 313 Å². The molecule has 2 nitrogen and oxygen atoms in total. The summed E-state index contributed by atoms with van der Waals surface area (Å²) in [4.78, 5) is 4.96. The van der Waals surface area contributed by atoms with Crippen LogP contribution in [-0.4, -0.2) is 9.55 Å². The van der Waals surface area contributed by atoms with Crippen LogP contribution in [0.25, 0.3) is 83.0 Å². The van der Waals surface area contributed by atoms with Crippen LogP contribution in [0, 0.1) is 0 Å². The van der Waals surface area contributed by atoms with E-state index in [4.69, 9.17) is 16.0 Å². The molecule has 0 bridgehead atoms. The van der Waals surface area contributed by atoms with Crippen molar-refractivity contribution in [3.05, 3.63) is 181 Å². The molecule has 2 heteroatoms. The Hall–Kier alpha value is -6.25. The molecule has 10 rings (SSSR count). The Kier molecular flexibility index (Phi) is 3.79. The second-order valence-corrected chi connectivity index (χ2v) is 12.8. The molecule has 1 aliphatic rings. The van der Waals surface area contributed by atoms with Crippen LogP contribution >= 0.6 is 0 Å². The van der Waals surface area contributed by atoms with Gasteiger partial charge in [0.2, 0.25) is 0 Å². The van der Waals surface area contributed by atoms with E-state index in [1.54, 1.807) is 32.0 Å². The largest absolute Gasteiger partial charge is 0.292 e. The maximum Gasteiger partial charge on any atom is 0.145 e. The summed E-state index contributed by atoms with van der Waals surface area (Å²) in [5.41, 5.74) is 1.32. The predicted octanol–water partition coefficient (Wildman–Crippen LogP) is 12.6. The van der Waals surface area contributed by atoms with Crippen molar-refractivity contribution in [3.63, 3.8) is 0 Å². The van der Waals surface area contributed by atoms with E-state index in [0.717, 1.165) is 11.1 Å². The molecule has 0 spiro atoms. The number of hydrogen-bond donors (Lipinski definition) is 0. The highest BCUT2D eigenvalue weighted by Crippen LogP contribution is 2.51. The predicted molar refractivity (Wildman–Crippen MR) is 210 cm³/mol. The van der Waals surface area contributed by atoms with E-state index >= 15 is 0 Å². The second-order valence-electron chi connectivity index (χ2n) is 12.8. The van der Waals surface area contributed by atoms with E-state index in [0.29, 0.717) is 22.6 Å². The van der Waals surface area contributed by atoms with Gasteiger partial charge in [-0.15, -0.1) is 0 Å². The number of fused-ring (bicyclic) bond motifs is 6. The molecular weight excluding hydrogens is 605 g/mol. The molecule has 0 aliphatic heterocycles. The summed E-state index contributed by atoms with van der Waals surface area (Å²) in [6.45, 7) is 3.28. The van der Waals surface area contributed by atoms with E-state index in [9.17, 15) is 9.60 Å². The highest BCUT2D eigenvalue weighted by molar-refractivity contribution is 6.21. The molecule has 1 heterocycles. The van der Waals surface area contributed by atoms with E-state index in [2.05, 4.69) is 0 Å². The summed E-state index contributed by atoms with van der Waals surface area (Å²) in [5.74, 6) is 0.602. The van der Waals surface area contributed by atoms with E-state index in [-0.39, 0.29) is 66.5 Å². The Morgan fingerprint density at radius 1 is 0.540 bits per heavy atom. The van der Waals surface area contributed by atoms with Crippen LogP contribution in [0.2, 0.25) is 0 Å². The summed E-state index contributed by atoms with van der Waals surface area (Å²) >= 11 is 0. The number of imidazole rings is 1. The van der Waals surface area contributed by atoms with Gasteiger partial charge in [0, 0.05) is 16.7 Å². The van der Waals surface area contributed by atoms with Gasteiger partial charge in [-0.05, 0) is 96.4 Å². The van der Waals surface area contributed by atoms with Gasteiger partial charge in [0.25, 0.3) is 0 Å². The first-order valence-corrected chi connectivity index (χ1v) is 16.2. The van der Waals surface area contributed by atoms with Crippen molar-refractivity contribution < 1.29 is 20.6 Å². The number of benzene rings is 8. The number of rotatable bonds is 4.